The number of hydrogen-bond donors (Lipinski definition) is 1. The van der Waals surface area contributed by atoms with Crippen molar-refractivity contribution in [3.05, 3.63) is 0 Å². The van der Waals surface area contributed by atoms with E-state index in [-0.39, 0.29) is 6.10 Å². The SMILES string of the molecule is CC(C)[C@H]1[C@H](C)[C@@H]1C[C@@H](C)[C@H]1CC[C@H]2[C@@H]3CC[C@H]4C[C@@H](O)CC[C@]4(C)[C@H]3CC[C@]12C. The highest BCUT2D eigenvalue weighted by Crippen LogP contribution is 2.69. The zero-order valence-electron chi connectivity index (χ0n) is 20.9. The minimum Gasteiger partial charge on any atom is -0.393 e. The number of hydrogen-bond acceptors (Lipinski definition) is 1. The molecule has 0 unspecified atom stereocenters. The molecule has 0 aromatic rings. The molecule has 1 heteroatoms. The van der Waals surface area contributed by atoms with Crippen LogP contribution in [0.4, 0.5) is 0 Å². The average molecular weight is 415 g/mol. The fraction of sp³-hybridized carbons (Fsp3) is 1.00. The summed E-state index contributed by atoms with van der Waals surface area (Å²) in [4.78, 5) is 0. The van der Waals surface area contributed by atoms with Crippen molar-refractivity contribution >= 4 is 0 Å². The van der Waals surface area contributed by atoms with Gasteiger partial charge in [-0.15, -0.1) is 0 Å². The van der Waals surface area contributed by atoms with Gasteiger partial charge in [0.1, 0.15) is 0 Å². The van der Waals surface area contributed by atoms with Crippen LogP contribution in [0, 0.1) is 70.0 Å². The van der Waals surface area contributed by atoms with Crippen LogP contribution in [-0.2, 0) is 0 Å². The number of rotatable bonds is 4. The van der Waals surface area contributed by atoms with Crippen molar-refractivity contribution in [3.8, 4) is 0 Å². The van der Waals surface area contributed by atoms with Crippen LogP contribution in [0.15, 0.2) is 0 Å². The van der Waals surface area contributed by atoms with Crippen molar-refractivity contribution in [2.24, 2.45) is 70.0 Å². The van der Waals surface area contributed by atoms with Crippen LogP contribution in [0.25, 0.3) is 0 Å². The zero-order valence-corrected chi connectivity index (χ0v) is 20.9. The highest BCUT2D eigenvalue weighted by molar-refractivity contribution is 5.10. The molecule has 0 amide bonds. The molecule has 0 aliphatic heterocycles. The Balaban J connectivity index is 1.30. The maximum Gasteiger partial charge on any atom is 0.0543 e. The van der Waals surface area contributed by atoms with Crippen LogP contribution in [0.3, 0.4) is 0 Å². The maximum atomic E-state index is 10.3. The van der Waals surface area contributed by atoms with Crippen molar-refractivity contribution < 1.29 is 5.11 Å². The number of fused-ring (bicyclic) bond motifs is 5. The van der Waals surface area contributed by atoms with Crippen molar-refractivity contribution in [1.29, 1.82) is 0 Å². The molecular formula is C29H50O. The molecule has 0 saturated heterocycles. The second-order valence-corrected chi connectivity index (χ2v) is 13.9. The monoisotopic (exact) mass is 414 g/mol. The Morgan fingerprint density at radius 2 is 1.57 bits per heavy atom. The van der Waals surface area contributed by atoms with E-state index in [1.807, 2.05) is 0 Å². The van der Waals surface area contributed by atoms with Gasteiger partial charge in [-0.1, -0.05) is 41.5 Å². The fourth-order valence-electron chi connectivity index (χ4n) is 10.9. The summed E-state index contributed by atoms with van der Waals surface area (Å²) in [6, 6.07) is 0. The fourth-order valence-corrected chi connectivity index (χ4v) is 10.9. The van der Waals surface area contributed by atoms with Crippen LogP contribution >= 0.6 is 0 Å². The molecule has 5 rings (SSSR count). The van der Waals surface area contributed by atoms with Crippen LogP contribution in [0.1, 0.15) is 106 Å². The van der Waals surface area contributed by atoms with E-state index in [1.165, 1.54) is 51.4 Å². The third-order valence-electron chi connectivity index (χ3n) is 12.4. The lowest BCUT2D eigenvalue weighted by Gasteiger charge is -2.61. The van der Waals surface area contributed by atoms with Crippen molar-refractivity contribution in [1.82, 2.24) is 0 Å². The largest absolute Gasteiger partial charge is 0.393 e. The quantitative estimate of drug-likeness (QED) is 0.503. The van der Waals surface area contributed by atoms with Gasteiger partial charge in [-0.3, -0.25) is 0 Å². The topological polar surface area (TPSA) is 20.2 Å². The average Bonchev–Trinajstić information content (AvgIpc) is 3.17. The zero-order chi connectivity index (χ0) is 21.4. The predicted molar refractivity (Wildman–Crippen MR) is 126 cm³/mol. The van der Waals surface area contributed by atoms with Crippen LogP contribution < -0.4 is 0 Å². The maximum absolute atomic E-state index is 10.3. The molecule has 0 aromatic carbocycles. The van der Waals surface area contributed by atoms with Crippen LogP contribution in [-0.4, -0.2) is 11.2 Å². The molecular weight excluding hydrogens is 364 g/mol. The van der Waals surface area contributed by atoms with Gasteiger partial charge < -0.3 is 5.11 Å². The number of aliphatic hydroxyl groups excluding tert-OH is 1. The first-order valence-corrected chi connectivity index (χ1v) is 13.8. The van der Waals surface area contributed by atoms with Crippen molar-refractivity contribution in [2.45, 2.75) is 112 Å². The summed E-state index contributed by atoms with van der Waals surface area (Å²) >= 11 is 0. The molecule has 0 heterocycles. The Bertz CT molecular complexity index is 640. The van der Waals surface area contributed by atoms with Crippen LogP contribution in [0.5, 0.6) is 0 Å². The van der Waals surface area contributed by atoms with E-state index in [0.717, 1.165) is 72.0 Å². The molecule has 1 nitrogen and oxygen atoms in total. The molecule has 0 bridgehead atoms. The van der Waals surface area contributed by atoms with E-state index in [0.29, 0.717) is 10.8 Å². The molecule has 1 N–H and O–H groups in total. The first-order chi connectivity index (χ1) is 14.2. The Hall–Kier alpha value is -0.0400. The van der Waals surface area contributed by atoms with Gasteiger partial charge in [0.2, 0.25) is 0 Å². The summed E-state index contributed by atoms with van der Waals surface area (Å²) in [6.45, 7) is 15.4. The summed E-state index contributed by atoms with van der Waals surface area (Å²) in [5.74, 6) is 9.50. The molecule has 5 aliphatic carbocycles. The lowest BCUT2D eigenvalue weighted by atomic mass is 9.44. The Kier molecular flexibility index (Phi) is 5.44. The minimum atomic E-state index is -0.00956. The second kappa shape index (κ2) is 7.50. The van der Waals surface area contributed by atoms with Gasteiger partial charge in [0, 0.05) is 0 Å². The molecule has 0 aromatic heterocycles. The lowest BCUT2D eigenvalue weighted by molar-refractivity contribution is -0.129. The van der Waals surface area contributed by atoms with Crippen molar-refractivity contribution in [3.63, 3.8) is 0 Å². The Morgan fingerprint density at radius 1 is 0.867 bits per heavy atom. The molecule has 5 aliphatic rings. The highest BCUT2D eigenvalue weighted by atomic mass is 16.3. The predicted octanol–water partition coefficient (Wildman–Crippen LogP) is 7.57. The highest BCUT2D eigenvalue weighted by Gasteiger charge is 2.61. The van der Waals surface area contributed by atoms with Crippen LogP contribution in [0.2, 0.25) is 0 Å². The summed E-state index contributed by atoms with van der Waals surface area (Å²) in [5.41, 5.74) is 1.14. The Morgan fingerprint density at radius 3 is 2.27 bits per heavy atom. The van der Waals surface area contributed by atoms with Gasteiger partial charge in [0.25, 0.3) is 0 Å². The third kappa shape index (κ3) is 3.18. The van der Waals surface area contributed by atoms with E-state index in [9.17, 15) is 5.11 Å². The first-order valence-electron chi connectivity index (χ1n) is 13.8. The summed E-state index contributed by atoms with van der Waals surface area (Å²) in [7, 11) is 0. The van der Waals surface area contributed by atoms with E-state index in [2.05, 4.69) is 41.5 Å². The van der Waals surface area contributed by atoms with Gasteiger partial charge in [0.15, 0.2) is 0 Å². The summed E-state index contributed by atoms with van der Waals surface area (Å²) in [5, 5.41) is 10.3. The summed E-state index contributed by atoms with van der Waals surface area (Å²) in [6.07, 6.45) is 13.8. The van der Waals surface area contributed by atoms with Gasteiger partial charge in [-0.05, 0) is 134 Å². The smallest absolute Gasteiger partial charge is 0.0543 e. The third-order valence-corrected chi connectivity index (χ3v) is 12.4. The van der Waals surface area contributed by atoms with Gasteiger partial charge in [0.05, 0.1) is 6.10 Å². The molecule has 30 heavy (non-hydrogen) atoms. The van der Waals surface area contributed by atoms with Gasteiger partial charge in [-0.2, -0.15) is 0 Å². The Labute approximate surface area is 187 Å². The lowest BCUT2D eigenvalue weighted by Crippen LogP contribution is -2.54. The van der Waals surface area contributed by atoms with Crippen molar-refractivity contribution in [2.75, 3.05) is 0 Å². The van der Waals surface area contributed by atoms with E-state index in [1.54, 1.807) is 0 Å². The first kappa shape index (κ1) is 21.8. The normalized spacial score (nSPS) is 56.2. The second-order valence-electron chi connectivity index (χ2n) is 13.9. The van der Waals surface area contributed by atoms with E-state index in [4.69, 9.17) is 0 Å². The molecule has 5 saturated carbocycles. The van der Waals surface area contributed by atoms with E-state index < -0.39 is 0 Å². The minimum absolute atomic E-state index is 0.00956. The standard InChI is InChI=1S/C29H50O/c1-17(2)27-19(4)23(27)15-18(3)24-9-10-25-22-8-7-20-16-21(30)11-13-28(20,5)26(22)12-14-29(24,25)6/h17-27,30H,7-16H2,1-6H3/t18-,19-,20+,21+,22+,23+,24-,25+,26+,27+,28+,29-/m1/s1. The van der Waals surface area contributed by atoms with E-state index >= 15 is 0 Å². The molecule has 5 fully saturated rings. The summed E-state index contributed by atoms with van der Waals surface area (Å²) < 4.78 is 0. The molecule has 12 atom stereocenters. The molecule has 0 radical (unpaired) electrons. The molecule has 172 valence electrons. The van der Waals surface area contributed by atoms with Gasteiger partial charge >= 0.3 is 0 Å². The molecule has 0 spiro atoms. The van der Waals surface area contributed by atoms with Gasteiger partial charge in [-0.25, -0.2) is 0 Å². The number of aliphatic hydroxyl groups is 1.